The van der Waals surface area contributed by atoms with Crippen LogP contribution >= 0.6 is 15.9 Å². The third-order valence-corrected chi connectivity index (χ3v) is 4.28. The Morgan fingerprint density at radius 1 is 1.33 bits per heavy atom. The number of H-pyrrole nitrogens is 1. The van der Waals surface area contributed by atoms with Crippen LogP contribution in [0.3, 0.4) is 0 Å². The Morgan fingerprint density at radius 2 is 2.06 bits per heavy atom. The number of aromatic nitrogens is 1. The molecule has 1 aliphatic heterocycles. The number of aromatic amines is 1. The number of likely N-dealkylation sites (tertiary alicyclic amines) is 1. The Kier molecular flexibility index (Phi) is 3.43. The van der Waals surface area contributed by atoms with Gasteiger partial charge in [-0.25, -0.2) is 0 Å². The van der Waals surface area contributed by atoms with Crippen molar-refractivity contribution in [1.82, 2.24) is 15.2 Å². The van der Waals surface area contributed by atoms with E-state index in [1.807, 2.05) is 6.07 Å². The van der Waals surface area contributed by atoms with Crippen molar-refractivity contribution in [2.24, 2.45) is 0 Å². The predicted molar refractivity (Wildman–Crippen MR) is 73.6 cm³/mol. The lowest BCUT2D eigenvalue weighted by molar-refractivity contribution is 0.0904. The van der Waals surface area contributed by atoms with E-state index >= 15 is 0 Å². The van der Waals surface area contributed by atoms with Gasteiger partial charge in [-0.2, -0.15) is 0 Å². The van der Waals surface area contributed by atoms with Gasteiger partial charge in [0, 0.05) is 35.8 Å². The first kappa shape index (κ1) is 12.2. The molecule has 1 aromatic heterocycles. The first-order valence-corrected chi connectivity index (χ1v) is 7.40. The van der Waals surface area contributed by atoms with Crippen molar-refractivity contribution in [3.05, 3.63) is 22.4 Å². The molecule has 1 aromatic rings. The second-order valence-corrected chi connectivity index (χ2v) is 6.16. The van der Waals surface area contributed by atoms with Gasteiger partial charge >= 0.3 is 0 Å². The van der Waals surface area contributed by atoms with Crippen molar-refractivity contribution < 1.29 is 4.79 Å². The summed E-state index contributed by atoms with van der Waals surface area (Å²) in [6.45, 7) is 2.26. The molecule has 0 spiro atoms. The van der Waals surface area contributed by atoms with E-state index in [2.05, 4.69) is 31.1 Å². The molecular weight excluding hydrogens is 294 g/mol. The zero-order chi connectivity index (χ0) is 12.5. The minimum Gasteiger partial charge on any atom is -0.356 e. The summed E-state index contributed by atoms with van der Waals surface area (Å²) in [5.41, 5.74) is 0.631. The van der Waals surface area contributed by atoms with Crippen LogP contribution in [0.2, 0.25) is 0 Å². The van der Waals surface area contributed by atoms with E-state index in [1.165, 1.54) is 12.8 Å². The molecule has 1 saturated carbocycles. The number of hydrogen-bond acceptors (Lipinski definition) is 2. The number of amides is 1. The van der Waals surface area contributed by atoms with Gasteiger partial charge in [-0.1, -0.05) is 0 Å². The number of carbonyl (C=O) groups is 1. The predicted octanol–water partition coefficient (Wildman–Crippen LogP) is 2.13. The van der Waals surface area contributed by atoms with E-state index in [0.717, 1.165) is 36.4 Å². The van der Waals surface area contributed by atoms with Crippen LogP contribution in [0.15, 0.2) is 16.7 Å². The highest BCUT2D eigenvalue weighted by Crippen LogP contribution is 2.29. The average molecular weight is 312 g/mol. The van der Waals surface area contributed by atoms with Gasteiger partial charge in [-0.3, -0.25) is 4.79 Å². The van der Waals surface area contributed by atoms with Crippen molar-refractivity contribution in [2.75, 3.05) is 13.1 Å². The molecule has 0 aromatic carbocycles. The topological polar surface area (TPSA) is 48.1 Å². The molecule has 0 radical (unpaired) electrons. The van der Waals surface area contributed by atoms with Crippen LogP contribution in [0, 0.1) is 0 Å². The van der Waals surface area contributed by atoms with E-state index in [0.29, 0.717) is 11.7 Å². The van der Waals surface area contributed by atoms with Crippen LogP contribution in [-0.2, 0) is 0 Å². The lowest BCUT2D eigenvalue weighted by Gasteiger charge is -2.32. The van der Waals surface area contributed by atoms with E-state index < -0.39 is 0 Å². The number of halogens is 1. The SMILES string of the molecule is O=C(NC1CCN(C2CC2)CC1)c1cc(Br)c[nH]1. The van der Waals surface area contributed by atoms with Gasteiger partial charge in [-0.15, -0.1) is 0 Å². The normalized spacial score (nSPS) is 22.1. The molecule has 2 fully saturated rings. The summed E-state index contributed by atoms with van der Waals surface area (Å²) in [5.74, 6) is 0.00516. The maximum atomic E-state index is 12.0. The van der Waals surface area contributed by atoms with Crippen LogP contribution in [0.1, 0.15) is 36.2 Å². The van der Waals surface area contributed by atoms with Gasteiger partial charge in [0.1, 0.15) is 5.69 Å². The van der Waals surface area contributed by atoms with Gasteiger partial charge in [-0.05, 0) is 47.7 Å². The summed E-state index contributed by atoms with van der Waals surface area (Å²) < 4.78 is 0.913. The molecule has 18 heavy (non-hydrogen) atoms. The third kappa shape index (κ3) is 2.78. The molecule has 3 rings (SSSR count). The zero-order valence-corrected chi connectivity index (χ0v) is 11.9. The fourth-order valence-electron chi connectivity index (χ4n) is 2.61. The smallest absolute Gasteiger partial charge is 0.267 e. The zero-order valence-electron chi connectivity index (χ0n) is 10.3. The second-order valence-electron chi connectivity index (χ2n) is 5.25. The summed E-state index contributed by atoms with van der Waals surface area (Å²) >= 11 is 3.34. The molecule has 1 amide bonds. The van der Waals surface area contributed by atoms with Crippen LogP contribution in [0.25, 0.3) is 0 Å². The highest BCUT2D eigenvalue weighted by Gasteiger charge is 2.32. The molecule has 2 N–H and O–H groups in total. The Bertz CT molecular complexity index is 433. The van der Waals surface area contributed by atoms with Gasteiger partial charge < -0.3 is 15.2 Å². The number of rotatable bonds is 3. The Hall–Kier alpha value is -0.810. The molecule has 1 aliphatic carbocycles. The fourth-order valence-corrected chi connectivity index (χ4v) is 2.95. The van der Waals surface area contributed by atoms with Gasteiger partial charge in [0.2, 0.25) is 0 Å². The highest BCUT2D eigenvalue weighted by atomic mass is 79.9. The lowest BCUT2D eigenvalue weighted by atomic mass is 10.0. The maximum absolute atomic E-state index is 12.0. The maximum Gasteiger partial charge on any atom is 0.267 e. The second kappa shape index (κ2) is 5.05. The van der Waals surface area contributed by atoms with Crippen molar-refractivity contribution in [3.63, 3.8) is 0 Å². The molecule has 4 nitrogen and oxygen atoms in total. The number of nitrogens with one attached hydrogen (secondary N) is 2. The minimum atomic E-state index is 0.00516. The first-order valence-electron chi connectivity index (χ1n) is 6.61. The summed E-state index contributed by atoms with van der Waals surface area (Å²) in [4.78, 5) is 17.5. The molecule has 0 bridgehead atoms. The third-order valence-electron chi connectivity index (χ3n) is 3.82. The van der Waals surface area contributed by atoms with E-state index in [9.17, 15) is 4.79 Å². The lowest BCUT2D eigenvalue weighted by Crippen LogP contribution is -2.45. The minimum absolute atomic E-state index is 0.00516. The molecular formula is C13H18BrN3O. The average Bonchev–Trinajstić information content (AvgIpc) is 3.12. The fraction of sp³-hybridized carbons (Fsp3) is 0.615. The van der Waals surface area contributed by atoms with Crippen molar-refractivity contribution in [1.29, 1.82) is 0 Å². The number of nitrogens with zero attached hydrogens (tertiary/aromatic N) is 1. The van der Waals surface area contributed by atoms with Crippen LogP contribution in [-0.4, -0.2) is 41.0 Å². The van der Waals surface area contributed by atoms with E-state index in [-0.39, 0.29) is 5.91 Å². The Labute approximate surface area is 115 Å². The van der Waals surface area contributed by atoms with Gasteiger partial charge in [0.15, 0.2) is 0 Å². The summed E-state index contributed by atoms with van der Waals surface area (Å²) in [6, 6.07) is 2.99. The summed E-state index contributed by atoms with van der Waals surface area (Å²) in [7, 11) is 0. The number of carbonyl (C=O) groups excluding carboxylic acids is 1. The van der Waals surface area contributed by atoms with E-state index in [1.54, 1.807) is 6.20 Å². The summed E-state index contributed by atoms with van der Waals surface area (Å²) in [5, 5.41) is 3.11. The molecule has 1 saturated heterocycles. The van der Waals surface area contributed by atoms with Crippen molar-refractivity contribution in [3.8, 4) is 0 Å². The van der Waals surface area contributed by atoms with Crippen molar-refractivity contribution >= 4 is 21.8 Å². The van der Waals surface area contributed by atoms with Gasteiger partial charge in [0.25, 0.3) is 5.91 Å². The van der Waals surface area contributed by atoms with Crippen LogP contribution in [0.5, 0.6) is 0 Å². The molecule has 0 atom stereocenters. The van der Waals surface area contributed by atoms with Crippen LogP contribution in [0.4, 0.5) is 0 Å². The largest absolute Gasteiger partial charge is 0.356 e. The molecule has 98 valence electrons. The molecule has 5 heteroatoms. The Balaban J connectivity index is 1.50. The molecule has 2 heterocycles. The first-order chi connectivity index (χ1) is 8.72. The quantitative estimate of drug-likeness (QED) is 0.898. The monoisotopic (exact) mass is 311 g/mol. The van der Waals surface area contributed by atoms with Crippen molar-refractivity contribution in [2.45, 2.75) is 37.8 Å². The number of hydrogen-bond donors (Lipinski definition) is 2. The Morgan fingerprint density at radius 3 is 2.61 bits per heavy atom. The molecule has 2 aliphatic rings. The van der Waals surface area contributed by atoms with Gasteiger partial charge in [0.05, 0.1) is 0 Å². The molecule has 0 unspecified atom stereocenters. The van der Waals surface area contributed by atoms with Crippen LogP contribution < -0.4 is 5.32 Å². The summed E-state index contributed by atoms with van der Waals surface area (Å²) in [6.07, 6.45) is 6.67. The standard InChI is InChI=1S/C13H18BrN3O/c14-9-7-12(15-8-9)13(18)16-10-3-5-17(6-4-10)11-1-2-11/h7-8,10-11,15H,1-6H2,(H,16,18). The number of piperidine rings is 1. The highest BCUT2D eigenvalue weighted by molar-refractivity contribution is 9.10. The van der Waals surface area contributed by atoms with E-state index in [4.69, 9.17) is 0 Å².